The van der Waals surface area contributed by atoms with Crippen LogP contribution in [0.25, 0.3) is 0 Å². The number of rotatable bonds is 5. The molecule has 0 radical (unpaired) electrons. The summed E-state index contributed by atoms with van der Waals surface area (Å²) in [6.45, 7) is 4.71. The van der Waals surface area contributed by atoms with Crippen LogP contribution >= 0.6 is 0 Å². The lowest BCUT2D eigenvalue weighted by Gasteiger charge is -2.20. The lowest BCUT2D eigenvalue weighted by molar-refractivity contribution is -0.123. The maximum Gasteiger partial charge on any atom is 0.342 e. The van der Waals surface area contributed by atoms with Gasteiger partial charge in [0.15, 0.2) is 18.1 Å². The number of para-hydroxylation sites is 1. The number of amides is 3. The van der Waals surface area contributed by atoms with E-state index in [-0.39, 0.29) is 11.3 Å². The minimum Gasteiger partial charge on any atom is -0.493 e. The zero-order valence-corrected chi connectivity index (χ0v) is 14.4. The molecule has 0 aromatic heterocycles. The molecule has 0 heterocycles. The quantitative estimate of drug-likeness (QED) is 0.789. The molecule has 0 unspecified atom stereocenters. The number of carbonyl (C=O) groups is 3. The number of esters is 1. The molecule has 2 N–H and O–H groups in total. The molecule has 0 spiro atoms. The van der Waals surface area contributed by atoms with Gasteiger partial charge in [-0.25, -0.2) is 9.59 Å². The molecule has 24 heavy (non-hydrogen) atoms. The van der Waals surface area contributed by atoms with Crippen LogP contribution in [-0.4, -0.2) is 44.3 Å². The van der Waals surface area contributed by atoms with Crippen molar-refractivity contribution in [2.24, 2.45) is 0 Å². The molecule has 0 bridgehead atoms. The molecule has 0 fully saturated rings. The number of hydrogen-bond donors (Lipinski definition) is 2. The molecule has 3 amide bonds. The van der Waals surface area contributed by atoms with Gasteiger partial charge in [0.2, 0.25) is 0 Å². The van der Waals surface area contributed by atoms with Crippen molar-refractivity contribution in [3.8, 4) is 11.5 Å². The van der Waals surface area contributed by atoms with E-state index in [1.165, 1.54) is 20.3 Å². The SMILES string of the molecule is COc1cccc(C(=O)OCC(=O)NC(=O)NC(C)(C)C)c1OC. The van der Waals surface area contributed by atoms with Crippen molar-refractivity contribution < 1.29 is 28.6 Å². The number of hydrogen-bond acceptors (Lipinski definition) is 6. The van der Waals surface area contributed by atoms with Crippen molar-refractivity contribution in [2.75, 3.05) is 20.8 Å². The first-order valence-corrected chi connectivity index (χ1v) is 7.18. The zero-order valence-electron chi connectivity index (χ0n) is 14.4. The van der Waals surface area contributed by atoms with Crippen LogP contribution in [0.3, 0.4) is 0 Å². The number of ether oxygens (including phenoxy) is 3. The monoisotopic (exact) mass is 338 g/mol. The van der Waals surface area contributed by atoms with E-state index in [0.29, 0.717) is 5.75 Å². The van der Waals surface area contributed by atoms with Crippen LogP contribution in [-0.2, 0) is 9.53 Å². The molecular weight excluding hydrogens is 316 g/mol. The Hall–Kier alpha value is -2.77. The van der Waals surface area contributed by atoms with E-state index in [1.54, 1.807) is 32.9 Å². The summed E-state index contributed by atoms with van der Waals surface area (Å²) in [6, 6.07) is 4.03. The van der Waals surface area contributed by atoms with Gasteiger partial charge in [-0.15, -0.1) is 0 Å². The van der Waals surface area contributed by atoms with Gasteiger partial charge in [0, 0.05) is 5.54 Å². The molecule has 132 valence electrons. The number of urea groups is 1. The van der Waals surface area contributed by atoms with E-state index in [0.717, 1.165) is 0 Å². The Labute approximate surface area is 140 Å². The summed E-state index contributed by atoms with van der Waals surface area (Å²) < 4.78 is 15.1. The van der Waals surface area contributed by atoms with Gasteiger partial charge in [-0.05, 0) is 32.9 Å². The Balaban J connectivity index is 2.64. The molecule has 8 heteroatoms. The lowest BCUT2D eigenvalue weighted by Crippen LogP contribution is -2.49. The van der Waals surface area contributed by atoms with Crippen LogP contribution in [0.1, 0.15) is 31.1 Å². The van der Waals surface area contributed by atoms with E-state index in [9.17, 15) is 14.4 Å². The highest BCUT2D eigenvalue weighted by Crippen LogP contribution is 2.30. The second-order valence-corrected chi connectivity index (χ2v) is 5.87. The number of nitrogens with one attached hydrogen (secondary N) is 2. The average Bonchev–Trinajstić information content (AvgIpc) is 2.49. The molecule has 1 aromatic carbocycles. The number of carbonyl (C=O) groups excluding carboxylic acids is 3. The molecular formula is C16H22N2O6. The fourth-order valence-corrected chi connectivity index (χ4v) is 1.79. The third kappa shape index (κ3) is 5.79. The first kappa shape index (κ1) is 19.3. The Morgan fingerprint density at radius 2 is 1.75 bits per heavy atom. The van der Waals surface area contributed by atoms with Gasteiger partial charge in [-0.2, -0.15) is 0 Å². The van der Waals surface area contributed by atoms with Crippen molar-refractivity contribution in [3.05, 3.63) is 23.8 Å². The van der Waals surface area contributed by atoms with Crippen molar-refractivity contribution in [2.45, 2.75) is 26.3 Å². The van der Waals surface area contributed by atoms with E-state index < -0.39 is 30.1 Å². The van der Waals surface area contributed by atoms with Gasteiger partial charge in [-0.3, -0.25) is 10.1 Å². The minimum absolute atomic E-state index is 0.115. The summed E-state index contributed by atoms with van der Waals surface area (Å²) in [5, 5.41) is 4.63. The molecule has 0 saturated heterocycles. The van der Waals surface area contributed by atoms with Gasteiger partial charge < -0.3 is 19.5 Å². The van der Waals surface area contributed by atoms with Gasteiger partial charge in [0.25, 0.3) is 5.91 Å². The maximum absolute atomic E-state index is 12.1. The van der Waals surface area contributed by atoms with Crippen LogP contribution in [0, 0.1) is 0 Å². The van der Waals surface area contributed by atoms with E-state index >= 15 is 0 Å². The van der Waals surface area contributed by atoms with Crippen molar-refractivity contribution in [1.82, 2.24) is 10.6 Å². The molecule has 1 rings (SSSR count). The zero-order chi connectivity index (χ0) is 18.3. The number of methoxy groups -OCH3 is 2. The maximum atomic E-state index is 12.1. The Bertz CT molecular complexity index is 621. The van der Waals surface area contributed by atoms with Crippen molar-refractivity contribution in [3.63, 3.8) is 0 Å². The first-order valence-electron chi connectivity index (χ1n) is 7.18. The van der Waals surface area contributed by atoms with E-state index in [2.05, 4.69) is 10.6 Å². The second-order valence-electron chi connectivity index (χ2n) is 5.87. The summed E-state index contributed by atoms with van der Waals surface area (Å²) in [5.74, 6) is -0.944. The highest BCUT2D eigenvalue weighted by atomic mass is 16.5. The van der Waals surface area contributed by atoms with Crippen molar-refractivity contribution in [1.29, 1.82) is 0 Å². The van der Waals surface area contributed by atoms with Gasteiger partial charge in [0.05, 0.1) is 14.2 Å². The van der Waals surface area contributed by atoms with E-state index in [1.807, 2.05) is 0 Å². The third-order valence-corrected chi connectivity index (χ3v) is 2.70. The average molecular weight is 338 g/mol. The molecule has 8 nitrogen and oxygen atoms in total. The Morgan fingerprint density at radius 1 is 1.08 bits per heavy atom. The van der Waals surface area contributed by atoms with Crippen LogP contribution in [0.2, 0.25) is 0 Å². The minimum atomic E-state index is -0.767. The van der Waals surface area contributed by atoms with Crippen LogP contribution in [0.5, 0.6) is 11.5 Å². The first-order chi connectivity index (χ1) is 11.2. The smallest absolute Gasteiger partial charge is 0.342 e. The van der Waals surface area contributed by atoms with Gasteiger partial charge in [0.1, 0.15) is 5.56 Å². The summed E-state index contributed by atoms with van der Waals surface area (Å²) in [7, 11) is 2.83. The molecule has 0 atom stereocenters. The van der Waals surface area contributed by atoms with Crippen LogP contribution < -0.4 is 20.1 Å². The largest absolute Gasteiger partial charge is 0.493 e. The number of imide groups is 1. The highest BCUT2D eigenvalue weighted by molar-refractivity contribution is 5.98. The molecule has 0 aliphatic heterocycles. The Kier molecular flexibility index (Phi) is 6.58. The van der Waals surface area contributed by atoms with Crippen molar-refractivity contribution >= 4 is 17.9 Å². The predicted octanol–water partition coefficient (Wildman–Crippen LogP) is 1.48. The summed E-state index contributed by atoms with van der Waals surface area (Å²) in [5.41, 5.74) is -0.376. The lowest BCUT2D eigenvalue weighted by atomic mass is 10.1. The summed E-state index contributed by atoms with van der Waals surface area (Å²) in [4.78, 5) is 35.3. The Morgan fingerprint density at radius 3 is 2.29 bits per heavy atom. The molecule has 1 aromatic rings. The molecule has 0 saturated carbocycles. The normalized spacial score (nSPS) is 10.5. The summed E-state index contributed by atoms with van der Waals surface area (Å²) >= 11 is 0. The number of benzene rings is 1. The molecule has 0 aliphatic rings. The standard InChI is InChI=1S/C16H22N2O6/c1-16(2,3)18-15(21)17-12(19)9-24-14(20)10-7-6-8-11(22-4)13(10)23-5/h6-8H,9H2,1-5H3,(H2,17,18,19,21). The fraction of sp³-hybridized carbons (Fsp3) is 0.438. The predicted molar refractivity (Wildman–Crippen MR) is 86.3 cm³/mol. The van der Waals surface area contributed by atoms with E-state index in [4.69, 9.17) is 14.2 Å². The molecule has 0 aliphatic carbocycles. The fourth-order valence-electron chi connectivity index (χ4n) is 1.79. The second kappa shape index (κ2) is 8.19. The van der Waals surface area contributed by atoms with Gasteiger partial charge in [-0.1, -0.05) is 6.07 Å². The topological polar surface area (TPSA) is 103 Å². The van der Waals surface area contributed by atoms with Gasteiger partial charge >= 0.3 is 12.0 Å². The summed E-state index contributed by atoms with van der Waals surface area (Å²) in [6.07, 6.45) is 0. The van der Waals surface area contributed by atoms with Crippen LogP contribution in [0.4, 0.5) is 4.79 Å². The highest BCUT2D eigenvalue weighted by Gasteiger charge is 2.20. The third-order valence-electron chi connectivity index (χ3n) is 2.70. The van der Waals surface area contributed by atoms with Crippen LogP contribution in [0.15, 0.2) is 18.2 Å².